The average Bonchev–Trinajstić information content (AvgIpc) is 3.20. The fourth-order valence-electron chi connectivity index (χ4n) is 4.70. The van der Waals surface area contributed by atoms with Gasteiger partial charge in [-0.15, -0.1) is 0 Å². The van der Waals surface area contributed by atoms with Gasteiger partial charge in [-0.25, -0.2) is 8.78 Å². The molecule has 1 unspecified atom stereocenters. The van der Waals surface area contributed by atoms with Crippen molar-refractivity contribution in [2.75, 3.05) is 5.32 Å². The zero-order chi connectivity index (χ0) is 20.8. The van der Waals surface area contributed by atoms with Crippen LogP contribution < -0.4 is 10.6 Å². The largest absolute Gasteiger partial charge is 0.347 e. The molecule has 0 radical (unpaired) electrons. The Morgan fingerprint density at radius 2 is 1.79 bits per heavy atom. The Kier molecular flexibility index (Phi) is 5.07. The van der Waals surface area contributed by atoms with Gasteiger partial charge in [0.25, 0.3) is 5.91 Å². The molecule has 2 aromatic carbocycles. The molecule has 2 aromatic rings. The molecule has 4 nitrogen and oxygen atoms in total. The van der Waals surface area contributed by atoms with E-state index >= 15 is 0 Å². The van der Waals surface area contributed by atoms with Crippen LogP contribution in [-0.4, -0.2) is 17.4 Å². The standard InChI is InChI=1S/C22H21ClF2N2O2/c1-12(20(28)26-16-5-3-15(24)4-6-16)17-11-22(9-14(17)10-22)27-21(29)13-2-7-19(25)18(23)8-13/h2-8,12,14,17H,9-11H2,1H3,(H,26,28)(H,27,29)/t12-,14?,17?,22?/m1/s1. The van der Waals surface area contributed by atoms with Crippen molar-refractivity contribution in [3.05, 3.63) is 64.7 Å². The molecule has 0 aliphatic heterocycles. The van der Waals surface area contributed by atoms with Gasteiger partial charge in [0.15, 0.2) is 0 Å². The number of halogens is 3. The quantitative estimate of drug-likeness (QED) is 0.733. The minimum absolute atomic E-state index is 0.0861. The van der Waals surface area contributed by atoms with E-state index in [2.05, 4.69) is 10.6 Å². The first-order valence-corrected chi connectivity index (χ1v) is 9.98. The summed E-state index contributed by atoms with van der Waals surface area (Å²) < 4.78 is 26.3. The van der Waals surface area contributed by atoms with E-state index in [1.165, 1.54) is 42.5 Å². The normalized spacial score (nSPS) is 25.8. The average molecular weight is 419 g/mol. The lowest BCUT2D eigenvalue weighted by molar-refractivity contribution is -0.121. The third-order valence-corrected chi connectivity index (χ3v) is 6.56. The maximum atomic E-state index is 13.3. The summed E-state index contributed by atoms with van der Waals surface area (Å²) in [6, 6.07) is 9.59. The highest BCUT2D eigenvalue weighted by Crippen LogP contribution is 2.58. The van der Waals surface area contributed by atoms with Gasteiger partial charge in [0.1, 0.15) is 11.6 Å². The molecule has 2 atom stereocenters. The van der Waals surface area contributed by atoms with Crippen molar-refractivity contribution < 1.29 is 18.4 Å². The Balaban J connectivity index is 1.37. The minimum atomic E-state index is -0.563. The molecule has 3 saturated carbocycles. The first kappa shape index (κ1) is 19.8. The number of rotatable bonds is 5. The molecule has 2 amide bonds. The summed E-state index contributed by atoms with van der Waals surface area (Å²) in [5.74, 6) is -1.00. The zero-order valence-corrected chi connectivity index (χ0v) is 16.6. The van der Waals surface area contributed by atoms with E-state index in [1.54, 1.807) is 0 Å². The van der Waals surface area contributed by atoms with E-state index in [4.69, 9.17) is 11.6 Å². The van der Waals surface area contributed by atoms with Gasteiger partial charge >= 0.3 is 0 Å². The second kappa shape index (κ2) is 7.41. The minimum Gasteiger partial charge on any atom is -0.347 e. The van der Waals surface area contributed by atoms with Crippen LogP contribution in [0.5, 0.6) is 0 Å². The Labute approximate surface area is 172 Å². The third kappa shape index (κ3) is 3.86. The highest BCUT2D eigenvalue weighted by Gasteiger charge is 2.58. The number of carbonyl (C=O) groups is 2. The van der Waals surface area contributed by atoms with E-state index < -0.39 is 5.82 Å². The van der Waals surface area contributed by atoms with E-state index in [9.17, 15) is 18.4 Å². The third-order valence-electron chi connectivity index (χ3n) is 6.27. The van der Waals surface area contributed by atoms with Crippen LogP contribution in [0.25, 0.3) is 0 Å². The van der Waals surface area contributed by atoms with Crippen LogP contribution in [0.15, 0.2) is 42.5 Å². The molecule has 3 fully saturated rings. The molecule has 0 saturated heterocycles. The van der Waals surface area contributed by atoms with Gasteiger partial charge in [-0.3, -0.25) is 9.59 Å². The topological polar surface area (TPSA) is 58.2 Å². The second-order valence-electron chi connectivity index (χ2n) is 8.18. The van der Waals surface area contributed by atoms with Gasteiger partial charge in [-0.2, -0.15) is 0 Å². The van der Waals surface area contributed by atoms with Crippen LogP contribution in [0.1, 0.15) is 36.5 Å². The van der Waals surface area contributed by atoms with Gasteiger partial charge in [0, 0.05) is 22.7 Å². The Bertz CT molecular complexity index is 958. The van der Waals surface area contributed by atoms with Crippen molar-refractivity contribution in [1.29, 1.82) is 0 Å². The maximum Gasteiger partial charge on any atom is 0.251 e. The predicted molar refractivity (Wildman–Crippen MR) is 107 cm³/mol. The number of benzene rings is 2. The summed E-state index contributed by atoms with van der Waals surface area (Å²) in [7, 11) is 0. The fraction of sp³-hybridized carbons (Fsp3) is 0.364. The highest BCUT2D eigenvalue weighted by molar-refractivity contribution is 6.31. The van der Waals surface area contributed by atoms with Crippen LogP contribution in [0, 0.1) is 29.4 Å². The van der Waals surface area contributed by atoms with Crippen molar-refractivity contribution in [1.82, 2.24) is 5.32 Å². The second-order valence-corrected chi connectivity index (χ2v) is 8.59. The molecular formula is C22H21ClF2N2O2. The molecule has 2 N–H and O–H groups in total. The maximum absolute atomic E-state index is 13.3. The zero-order valence-electron chi connectivity index (χ0n) is 15.8. The van der Waals surface area contributed by atoms with Crippen LogP contribution >= 0.6 is 11.6 Å². The summed E-state index contributed by atoms with van der Waals surface area (Å²) in [5.41, 5.74) is 0.558. The van der Waals surface area contributed by atoms with Crippen LogP contribution in [0.3, 0.4) is 0 Å². The summed E-state index contributed by atoms with van der Waals surface area (Å²) >= 11 is 5.77. The lowest BCUT2D eigenvalue weighted by Gasteiger charge is -2.39. The van der Waals surface area contributed by atoms with Crippen molar-refractivity contribution in [2.24, 2.45) is 17.8 Å². The van der Waals surface area contributed by atoms with Crippen molar-refractivity contribution in [3.63, 3.8) is 0 Å². The van der Waals surface area contributed by atoms with Gasteiger partial charge in [-0.05, 0) is 73.6 Å². The highest BCUT2D eigenvalue weighted by atomic mass is 35.5. The van der Waals surface area contributed by atoms with Crippen molar-refractivity contribution >= 4 is 29.1 Å². The van der Waals surface area contributed by atoms with Crippen molar-refractivity contribution in [2.45, 2.75) is 31.7 Å². The first-order valence-electron chi connectivity index (χ1n) is 9.60. The van der Waals surface area contributed by atoms with Crippen LogP contribution in [-0.2, 0) is 4.79 Å². The van der Waals surface area contributed by atoms with E-state index in [0.29, 0.717) is 17.2 Å². The van der Waals surface area contributed by atoms with Gasteiger partial charge in [0.05, 0.1) is 5.02 Å². The Hall–Kier alpha value is -2.47. The monoisotopic (exact) mass is 418 g/mol. The SMILES string of the molecule is C[C@@H](C(=O)Nc1ccc(F)cc1)C1CC2(NC(=O)c3ccc(F)c(Cl)c3)CC1C2. The molecule has 3 aliphatic rings. The molecule has 0 heterocycles. The summed E-state index contributed by atoms with van der Waals surface area (Å²) in [6.07, 6.45) is 2.37. The molecule has 29 heavy (non-hydrogen) atoms. The predicted octanol–water partition coefficient (Wildman–Crippen LogP) is 4.79. The van der Waals surface area contributed by atoms with E-state index in [-0.39, 0.29) is 40.0 Å². The van der Waals surface area contributed by atoms with Crippen LogP contribution in [0.2, 0.25) is 5.02 Å². The smallest absolute Gasteiger partial charge is 0.251 e. The molecular weight excluding hydrogens is 398 g/mol. The van der Waals surface area contributed by atoms with Crippen molar-refractivity contribution in [3.8, 4) is 0 Å². The molecule has 3 aliphatic carbocycles. The number of carbonyl (C=O) groups excluding carboxylic acids is 2. The van der Waals surface area contributed by atoms with Gasteiger partial charge < -0.3 is 10.6 Å². The van der Waals surface area contributed by atoms with Crippen LogP contribution in [0.4, 0.5) is 14.5 Å². The van der Waals surface area contributed by atoms with E-state index in [0.717, 1.165) is 19.3 Å². The Morgan fingerprint density at radius 1 is 1.10 bits per heavy atom. The molecule has 0 spiro atoms. The lowest BCUT2D eigenvalue weighted by atomic mass is 9.74. The lowest BCUT2D eigenvalue weighted by Crippen LogP contribution is -2.51. The number of amides is 2. The molecule has 7 heteroatoms. The number of hydrogen-bond acceptors (Lipinski definition) is 2. The number of nitrogens with one attached hydrogen (secondary N) is 2. The number of hydrogen-bond donors (Lipinski definition) is 2. The molecule has 0 aromatic heterocycles. The molecule has 2 bridgehead atoms. The summed E-state index contributed by atoms with van der Waals surface area (Å²) in [5, 5.41) is 5.82. The summed E-state index contributed by atoms with van der Waals surface area (Å²) in [4.78, 5) is 25.2. The number of anilines is 1. The van der Waals surface area contributed by atoms with E-state index in [1.807, 2.05) is 6.92 Å². The number of fused-ring (bicyclic) bond motifs is 1. The molecule has 5 rings (SSSR count). The van der Waals surface area contributed by atoms with Gasteiger partial charge in [-0.1, -0.05) is 18.5 Å². The van der Waals surface area contributed by atoms with Gasteiger partial charge in [0.2, 0.25) is 5.91 Å². The molecule has 152 valence electrons. The first-order chi connectivity index (χ1) is 13.8. The summed E-state index contributed by atoms with van der Waals surface area (Å²) in [6.45, 7) is 1.89. The Morgan fingerprint density at radius 3 is 2.45 bits per heavy atom. The fourth-order valence-corrected chi connectivity index (χ4v) is 4.88.